The summed E-state index contributed by atoms with van der Waals surface area (Å²) in [5.41, 5.74) is 2.06. The second-order valence-corrected chi connectivity index (χ2v) is 6.18. The van der Waals surface area contributed by atoms with Crippen molar-refractivity contribution >= 4 is 23.3 Å². The molecule has 7 heteroatoms. The third-order valence-corrected chi connectivity index (χ3v) is 4.00. The molecule has 0 aliphatic heterocycles. The Morgan fingerprint density at radius 1 is 1.23 bits per heavy atom. The number of ether oxygens (including phenoxy) is 1. The molecule has 0 aliphatic rings. The molecule has 3 rings (SSSR count). The fourth-order valence-electron chi connectivity index (χ4n) is 2.61. The maximum atomic E-state index is 13.1. The van der Waals surface area contributed by atoms with E-state index in [1.54, 1.807) is 41.1 Å². The highest BCUT2D eigenvalue weighted by Gasteiger charge is 2.14. The molecule has 0 saturated heterocycles. The number of amides is 1. The molecule has 26 heavy (non-hydrogen) atoms. The third-order valence-electron chi connectivity index (χ3n) is 3.76. The number of rotatable bonds is 5. The van der Waals surface area contributed by atoms with Gasteiger partial charge in [0.2, 0.25) is 5.91 Å². The zero-order chi connectivity index (χ0) is 18.7. The fourth-order valence-corrected chi connectivity index (χ4v) is 2.81. The van der Waals surface area contributed by atoms with Gasteiger partial charge in [0.25, 0.3) is 0 Å². The molecule has 5 nitrogen and oxygen atoms in total. The Bertz CT molecular complexity index is 938. The van der Waals surface area contributed by atoms with E-state index in [2.05, 4.69) is 10.4 Å². The fraction of sp³-hybridized carbons (Fsp3) is 0.158. The second kappa shape index (κ2) is 7.58. The molecule has 0 unspecified atom stereocenters. The lowest BCUT2D eigenvalue weighted by molar-refractivity contribution is -0.115. The van der Waals surface area contributed by atoms with Crippen molar-refractivity contribution in [2.24, 2.45) is 0 Å². The topological polar surface area (TPSA) is 56.1 Å². The lowest BCUT2D eigenvalue weighted by Crippen LogP contribution is -2.17. The minimum Gasteiger partial charge on any atom is -0.496 e. The molecule has 1 heterocycles. The average Bonchev–Trinajstić information content (AvgIpc) is 2.96. The number of carbonyl (C=O) groups excluding carboxylic acids is 1. The summed E-state index contributed by atoms with van der Waals surface area (Å²) in [6.45, 7) is 1.82. The summed E-state index contributed by atoms with van der Waals surface area (Å²) < 4.78 is 20.0. The summed E-state index contributed by atoms with van der Waals surface area (Å²) in [7, 11) is 1.54. The standard InChI is InChI=1S/C19H17ClFN3O2/c1-12-9-18(24(23-12)16-6-4-15(21)5-7-16)22-19(25)11-13-10-14(20)3-8-17(13)26-2/h3-10H,11H2,1-2H3,(H,22,25). The molecule has 3 aromatic rings. The van der Waals surface area contributed by atoms with Crippen LogP contribution in [0.2, 0.25) is 5.02 Å². The average molecular weight is 374 g/mol. The van der Waals surface area contributed by atoms with Crippen molar-refractivity contribution in [1.29, 1.82) is 0 Å². The molecule has 134 valence electrons. The van der Waals surface area contributed by atoms with Crippen molar-refractivity contribution in [3.05, 3.63) is 70.6 Å². The molecule has 0 aliphatic carbocycles. The van der Waals surface area contributed by atoms with Gasteiger partial charge in [0.1, 0.15) is 17.4 Å². The number of hydrogen-bond donors (Lipinski definition) is 1. The summed E-state index contributed by atoms with van der Waals surface area (Å²) >= 11 is 6.01. The molecule has 0 fully saturated rings. The van der Waals surface area contributed by atoms with Gasteiger partial charge in [-0.3, -0.25) is 4.79 Å². The summed E-state index contributed by atoms with van der Waals surface area (Å²) in [6, 6.07) is 12.7. The maximum Gasteiger partial charge on any atom is 0.230 e. The predicted octanol–water partition coefficient (Wildman–Crippen LogP) is 4.16. The van der Waals surface area contributed by atoms with Crippen LogP contribution in [0.3, 0.4) is 0 Å². The Kier molecular flexibility index (Phi) is 5.23. The number of anilines is 1. The lowest BCUT2D eigenvalue weighted by Gasteiger charge is -2.11. The summed E-state index contributed by atoms with van der Waals surface area (Å²) in [5, 5.41) is 7.71. The summed E-state index contributed by atoms with van der Waals surface area (Å²) in [4.78, 5) is 12.5. The van der Waals surface area contributed by atoms with Gasteiger partial charge in [0, 0.05) is 16.7 Å². The Balaban J connectivity index is 1.82. The first kappa shape index (κ1) is 17.9. The number of nitrogens with one attached hydrogen (secondary N) is 1. The molecule has 0 radical (unpaired) electrons. The number of benzene rings is 2. The molecule has 0 bridgehead atoms. The zero-order valence-corrected chi connectivity index (χ0v) is 15.0. The van der Waals surface area contributed by atoms with Crippen molar-refractivity contribution in [2.75, 3.05) is 12.4 Å². The summed E-state index contributed by atoms with van der Waals surface area (Å²) in [6.07, 6.45) is 0.0946. The van der Waals surface area contributed by atoms with Gasteiger partial charge in [-0.2, -0.15) is 5.10 Å². The molecule has 1 amide bonds. The highest BCUT2D eigenvalue weighted by atomic mass is 35.5. The van der Waals surface area contributed by atoms with Crippen molar-refractivity contribution in [1.82, 2.24) is 9.78 Å². The first-order valence-corrected chi connectivity index (χ1v) is 8.29. The van der Waals surface area contributed by atoms with Gasteiger partial charge in [-0.25, -0.2) is 9.07 Å². The first-order chi connectivity index (χ1) is 12.5. The van der Waals surface area contributed by atoms with E-state index in [4.69, 9.17) is 16.3 Å². The van der Waals surface area contributed by atoms with Gasteiger partial charge in [-0.1, -0.05) is 11.6 Å². The molecular formula is C19H17ClFN3O2. The van der Waals surface area contributed by atoms with Crippen molar-refractivity contribution in [3.63, 3.8) is 0 Å². The van der Waals surface area contributed by atoms with Crippen LogP contribution >= 0.6 is 11.6 Å². The van der Waals surface area contributed by atoms with Gasteiger partial charge in [-0.05, 0) is 49.4 Å². The number of nitrogens with zero attached hydrogens (tertiary/aromatic N) is 2. The van der Waals surface area contributed by atoms with E-state index in [0.29, 0.717) is 27.8 Å². The monoisotopic (exact) mass is 373 g/mol. The van der Waals surface area contributed by atoms with E-state index in [1.165, 1.54) is 19.2 Å². The predicted molar refractivity (Wildman–Crippen MR) is 98.6 cm³/mol. The van der Waals surface area contributed by atoms with E-state index >= 15 is 0 Å². The lowest BCUT2D eigenvalue weighted by atomic mass is 10.1. The zero-order valence-electron chi connectivity index (χ0n) is 14.3. The van der Waals surface area contributed by atoms with Gasteiger partial charge in [0.05, 0.1) is 24.9 Å². The molecular weight excluding hydrogens is 357 g/mol. The second-order valence-electron chi connectivity index (χ2n) is 5.74. The highest BCUT2D eigenvalue weighted by molar-refractivity contribution is 6.30. The van der Waals surface area contributed by atoms with E-state index in [0.717, 1.165) is 5.69 Å². The van der Waals surface area contributed by atoms with Crippen LogP contribution in [-0.2, 0) is 11.2 Å². The molecule has 1 N–H and O–H groups in total. The van der Waals surface area contributed by atoms with Crippen LogP contribution in [-0.4, -0.2) is 22.8 Å². The SMILES string of the molecule is COc1ccc(Cl)cc1CC(=O)Nc1cc(C)nn1-c1ccc(F)cc1. The van der Waals surface area contributed by atoms with E-state index in [9.17, 15) is 9.18 Å². The van der Waals surface area contributed by atoms with Crippen molar-refractivity contribution in [3.8, 4) is 11.4 Å². The third kappa shape index (κ3) is 4.03. The Morgan fingerprint density at radius 3 is 2.65 bits per heavy atom. The van der Waals surface area contributed by atoms with Gasteiger partial charge in [0.15, 0.2) is 0 Å². The quantitative estimate of drug-likeness (QED) is 0.730. The smallest absolute Gasteiger partial charge is 0.230 e. The highest BCUT2D eigenvalue weighted by Crippen LogP contribution is 2.24. The van der Waals surface area contributed by atoms with Gasteiger partial charge >= 0.3 is 0 Å². The van der Waals surface area contributed by atoms with Crippen molar-refractivity contribution in [2.45, 2.75) is 13.3 Å². The van der Waals surface area contributed by atoms with Crippen LogP contribution in [0.5, 0.6) is 5.75 Å². The number of methoxy groups -OCH3 is 1. The van der Waals surface area contributed by atoms with Crippen LogP contribution in [0.1, 0.15) is 11.3 Å². The van der Waals surface area contributed by atoms with E-state index in [1.807, 2.05) is 6.92 Å². The van der Waals surface area contributed by atoms with Crippen LogP contribution < -0.4 is 10.1 Å². The van der Waals surface area contributed by atoms with Gasteiger partial charge < -0.3 is 10.1 Å². The Labute approximate surface area is 155 Å². The van der Waals surface area contributed by atoms with Crippen molar-refractivity contribution < 1.29 is 13.9 Å². The molecule has 0 atom stereocenters. The maximum absolute atomic E-state index is 13.1. The van der Waals surface area contributed by atoms with Crippen LogP contribution in [0.25, 0.3) is 5.69 Å². The number of halogens is 2. The normalized spacial score (nSPS) is 10.6. The van der Waals surface area contributed by atoms with Crippen LogP contribution in [0.15, 0.2) is 48.5 Å². The van der Waals surface area contributed by atoms with E-state index < -0.39 is 0 Å². The van der Waals surface area contributed by atoms with E-state index in [-0.39, 0.29) is 18.1 Å². The Hall–Kier alpha value is -2.86. The minimum absolute atomic E-state index is 0.0946. The molecule has 2 aromatic carbocycles. The van der Waals surface area contributed by atoms with Gasteiger partial charge in [-0.15, -0.1) is 0 Å². The number of aryl methyl sites for hydroxylation is 1. The summed E-state index contributed by atoms with van der Waals surface area (Å²) in [5.74, 6) is 0.512. The largest absolute Gasteiger partial charge is 0.496 e. The molecule has 0 saturated carbocycles. The van der Waals surface area contributed by atoms with Crippen LogP contribution in [0.4, 0.5) is 10.2 Å². The first-order valence-electron chi connectivity index (χ1n) is 7.91. The molecule has 0 spiro atoms. The minimum atomic E-state index is -0.337. The number of aromatic nitrogens is 2. The number of hydrogen-bond acceptors (Lipinski definition) is 3. The Morgan fingerprint density at radius 2 is 1.96 bits per heavy atom. The molecule has 1 aromatic heterocycles. The number of carbonyl (C=O) groups is 1. The van der Waals surface area contributed by atoms with Crippen LogP contribution in [0, 0.1) is 12.7 Å².